The third-order valence-corrected chi connectivity index (χ3v) is 2.84. The van der Waals surface area contributed by atoms with Crippen LogP contribution in [0.3, 0.4) is 0 Å². The third kappa shape index (κ3) is 3.61. The molecule has 0 N–H and O–H groups in total. The van der Waals surface area contributed by atoms with Crippen LogP contribution in [0.15, 0.2) is 49.6 Å². The van der Waals surface area contributed by atoms with Gasteiger partial charge in [0.05, 0.1) is 14.2 Å². The van der Waals surface area contributed by atoms with Crippen LogP contribution in [0.25, 0.3) is 5.76 Å². The van der Waals surface area contributed by atoms with Crippen LogP contribution in [0.5, 0.6) is 5.75 Å². The molecule has 2 aromatic rings. The van der Waals surface area contributed by atoms with Crippen molar-refractivity contribution in [3.8, 4) is 5.75 Å². The van der Waals surface area contributed by atoms with Crippen molar-refractivity contribution in [3.05, 3.63) is 55.1 Å². The van der Waals surface area contributed by atoms with Gasteiger partial charge in [-0.3, -0.25) is 0 Å². The summed E-state index contributed by atoms with van der Waals surface area (Å²) < 4.78 is 14.9. The van der Waals surface area contributed by atoms with Crippen LogP contribution in [0.2, 0.25) is 0 Å². The Morgan fingerprint density at radius 2 is 2.26 bits per heavy atom. The minimum absolute atomic E-state index is 0.588. The Hall–Kier alpha value is -2.23. The largest absolute Gasteiger partial charge is 0.497 e. The summed E-state index contributed by atoms with van der Waals surface area (Å²) in [4.78, 5) is 0. The van der Waals surface area contributed by atoms with Crippen LogP contribution >= 0.6 is 0 Å². The van der Waals surface area contributed by atoms with Gasteiger partial charge in [-0.1, -0.05) is 18.7 Å². The van der Waals surface area contributed by atoms with Gasteiger partial charge in [0.25, 0.3) is 0 Å². The van der Waals surface area contributed by atoms with Crippen molar-refractivity contribution < 1.29 is 14.0 Å². The number of benzene rings is 1. The van der Waals surface area contributed by atoms with Gasteiger partial charge in [-0.2, -0.15) is 0 Å². The molecule has 19 heavy (non-hydrogen) atoms. The van der Waals surface area contributed by atoms with Gasteiger partial charge in [-0.25, -0.2) is 9.13 Å². The first-order valence-corrected chi connectivity index (χ1v) is 6.16. The number of hydrogen-bond acceptors (Lipinski definition) is 2. The van der Waals surface area contributed by atoms with Crippen molar-refractivity contribution in [1.29, 1.82) is 0 Å². The zero-order valence-electron chi connectivity index (χ0n) is 11.4. The van der Waals surface area contributed by atoms with Crippen LogP contribution < -0.4 is 9.30 Å². The molecule has 0 spiro atoms. The van der Waals surface area contributed by atoms with E-state index in [2.05, 4.69) is 11.1 Å². The zero-order chi connectivity index (χ0) is 13.7. The molecule has 0 radical (unpaired) electrons. The third-order valence-electron chi connectivity index (χ3n) is 2.84. The van der Waals surface area contributed by atoms with Gasteiger partial charge in [0.15, 0.2) is 0 Å². The Labute approximate surface area is 113 Å². The maximum Gasteiger partial charge on any atom is 0.243 e. The Bertz CT molecular complexity index is 561. The molecule has 0 aliphatic rings. The van der Waals surface area contributed by atoms with Crippen molar-refractivity contribution in [2.45, 2.75) is 6.54 Å². The predicted molar refractivity (Wildman–Crippen MR) is 73.6 cm³/mol. The summed E-state index contributed by atoms with van der Waals surface area (Å²) in [5.74, 6) is 1.47. The highest BCUT2D eigenvalue weighted by Gasteiger charge is 2.04. The van der Waals surface area contributed by atoms with E-state index in [1.165, 1.54) is 0 Å². The lowest BCUT2D eigenvalue weighted by Crippen LogP contribution is -2.24. The smallest absolute Gasteiger partial charge is 0.243 e. The molecular weight excluding hydrogens is 240 g/mol. The summed E-state index contributed by atoms with van der Waals surface area (Å²) in [6, 6.07) is 7.70. The number of methoxy groups -OCH3 is 1. The molecule has 4 heteroatoms. The second-order valence-corrected chi connectivity index (χ2v) is 4.32. The Morgan fingerprint density at radius 3 is 2.95 bits per heavy atom. The second kappa shape index (κ2) is 6.09. The highest BCUT2D eigenvalue weighted by Crippen LogP contribution is 2.19. The minimum atomic E-state index is 0.588. The topological polar surface area (TPSA) is 27.3 Å². The maximum absolute atomic E-state index is 5.66. The number of hydrogen-bond donors (Lipinski definition) is 0. The number of rotatable bonds is 6. The molecule has 1 aromatic heterocycles. The molecule has 0 bridgehead atoms. The molecule has 0 fully saturated rings. The standard InChI is InChI=1S/C15H19N2O2/c1-13(14-5-4-6-15(11-14)18-3)19-10-9-17-8-7-16(2)12-17/h4-8,11-12H,1,9-10H2,2-3H3/q+1. The molecule has 0 unspecified atom stereocenters. The van der Waals surface area contributed by atoms with Crippen LogP contribution in [0, 0.1) is 0 Å². The molecule has 100 valence electrons. The fourth-order valence-electron chi connectivity index (χ4n) is 1.79. The SMILES string of the molecule is C=C(OCCn1cc[n+](C)c1)c1cccc(OC)c1. The molecule has 0 saturated heterocycles. The molecule has 0 aliphatic heterocycles. The van der Waals surface area contributed by atoms with Crippen molar-refractivity contribution >= 4 is 5.76 Å². The normalized spacial score (nSPS) is 10.2. The van der Waals surface area contributed by atoms with Crippen molar-refractivity contribution in [3.63, 3.8) is 0 Å². The van der Waals surface area contributed by atoms with Gasteiger partial charge in [-0.15, -0.1) is 0 Å². The summed E-state index contributed by atoms with van der Waals surface area (Å²) in [5, 5.41) is 0. The number of ether oxygens (including phenoxy) is 2. The van der Waals surface area contributed by atoms with Crippen molar-refractivity contribution in [1.82, 2.24) is 4.57 Å². The molecule has 2 rings (SSSR count). The highest BCUT2D eigenvalue weighted by molar-refractivity contribution is 5.58. The van der Waals surface area contributed by atoms with Crippen LogP contribution in [-0.2, 0) is 18.3 Å². The fourth-order valence-corrected chi connectivity index (χ4v) is 1.79. The lowest BCUT2D eigenvalue weighted by atomic mass is 10.2. The molecule has 0 saturated carbocycles. The first kappa shape index (κ1) is 13.2. The van der Waals surface area contributed by atoms with Gasteiger partial charge in [-0.05, 0) is 12.1 Å². The number of nitrogens with zero attached hydrogens (tertiary/aromatic N) is 2. The summed E-state index contributed by atoms with van der Waals surface area (Å²) >= 11 is 0. The van der Waals surface area contributed by atoms with Gasteiger partial charge in [0, 0.05) is 5.56 Å². The zero-order valence-corrected chi connectivity index (χ0v) is 11.4. The van der Waals surface area contributed by atoms with Gasteiger partial charge in [0.2, 0.25) is 6.33 Å². The Kier molecular flexibility index (Phi) is 4.23. The highest BCUT2D eigenvalue weighted by atomic mass is 16.5. The summed E-state index contributed by atoms with van der Waals surface area (Å²) in [5.41, 5.74) is 0.942. The minimum Gasteiger partial charge on any atom is -0.497 e. The van der Waals surface area contributed by atoms with Crippen LogP contribution in [-0.4, -0.2) is 18.3 Å². The van der Waals surface area contributed by atoms with E-state index in [4.69, 9.17) is 9.47 Å². The van der Waals surface area contributed by atoms with Crippen molar-refractivity contribution in [2.75, 3.05) is 13.7 Å². The van der Waals surface area contributed by atoms with Crippen LogP contribution in [0.1, 0.15) is 5.56 Å². The van der Waals surface area contributed by atoms with E-state index in [1.807, 2.05) is 54.6 Å². The predicted octanol–water partition coefficient (Wildman–Crippen LogP) is 2.01. The van der Waals surface area contributed by atoms with E-state index in [0.717, 1.165) is 17.9 Å². The van der Waals surface area contributed by atoms with E-state index >= 15 is 0 Å². The molecule has 1 aromatic carbocycles. The molecule has 0 amide bonds. The average Bonchev–Trinajstić information content (AvgIpc) is 2.84. The van der Waals surface area contributed by atoms with E-state index in [-0.39, 0.29) is 0 Å². The van der Waals surface area contributed by atoms with Crippen LogP contribution in [0.4, 0.5) is 0 Å². The van der Waals surface area contributed by atoms with E-state index in [9.17, 15) is 0 Å². The summed E-state index contributed by atoms with van der Waals surface area (Å²) in [7, 11) is 3.64. The molecular formula is C15H19N2O2+. The van der Waals surface area contributed by atoms with E-state index in [1.54, 1.807) is 7.11 Å². The number of aryl methyl sites for hydroxylation is 1. The number of imidazole rings is 1. The van der Waals surface area contributed by atoms with E-state index < -0.39 is 0 Å². The molecule has 0 atom stereocenters. The molecule has 1 heterocycles. The first-order valence-electron chi connectivity index (χ1n) is 6.16. The first-order chi connectivity index (χ1) is 9.19. The fraction of sp³-hybridized carbons (Fsp3) is 0.267. The summed E-state index contributed by atoms with van der Waals surface area (Å²) in [6.07, 6.45) is 6.02. The maximum atomic E-state index is 5.66. The van der Waals surface area contributed by atoms with Gasteiger partial charge >= 0.3 is 0 Å². The van der Waals surface area contributed by atoms with Gasteiger partial charge in [0.1, 0.15) is 37.1 Å². The lowest BCUT2D eigenvalue weighted by molar-refractivity contribution is -0.671. The van der Waals surface area contributed by atoms with Crippen molar-refractivity contribution in [2.24, 2.45) is 7.05 Å². The molecule has 4 nitrogen and oxygen atoms in total. The Morgan fingerprint density at radius 1 is 1.42 bits per heavy atom. The average molecular weight is 259 g/mol. The monoisotopic (exact) mass is 259 g/mol. The lowest BCUT2D eigenvalue weighted by Gasteiger charge is -2.09. The second-order valence-electron chi connectivity index (χ2n) is 4.32. The molecule has 0 aliphatic carbocycles. The Balaban J connectivity index is 1.87. The number of aromatic nitrogens is 2. The van der Waals surface area contributed by atoms with Gasteiger partial charge < -0.3 is 9.47 Å². The van der Waals surface area contributed by atoms with E-state index in [0.29, 0.717) is 12.4 Å². The summed E-state index contributed by atoms with van der Waals surface area (Å²) in [6.45, 7) is 5.33. The quantitative estimate of drug-likeness (QED) is 0.586.